The third-order valence-corrected chi connectivity index (χ3v) is 10.3. The van der Waals surface area contributed by atoms with Gasteiger partial charge in [0, 0.05) is 48.5 Å². The maximum Gasteiger partial charge on any atom is 0.227 e. The first kappa shape index (κ1) is 28.5. The van der Waals surface area contributed by atoms with Crippen LogP contribution in [0.25, 0.3) is 98.8 Å². The van der Waals surface area contributed by atoms with Crippen molar-refractivity contribution in [1.29, 1.82) is 0 Å². The van der Waals surface area contributed by atoms with Crippen LogP contribution in [0.5, 0.6) is 0 Å². The molecule has 0 fully saturated rings. The molecular weight excluding hydrogens is 633 g/mol. The van der Waals surface area contributed by atoms with E-state index in [1.165, 1.54) is 5.39 Å². The highest BCUT2D eigenvalue weighted by atomic mass is 32.1. The fourth-order valence-corrected chi connectivity index (χ4v) is 7.83. The average Bonchev–Trinajstić information content (AvgIpc) is 3.78. The summed E-state index contributed by atoms with van der Waals surface area (Å²) in [5.41, 5.74) is 7.60. The van der Waals surface area contributed by atoms with Crippen molar-refractivity contribution in [2.45, 2.75) is 0 Å². The van der Waals surface area contributed by atoms with E-state index in [0.29, 0.717) is 23.4 Å². The Bertz CT molecular complexity index is 2880. The van der Waals surface area contributed by atoms with E-state index in [1.54, 1.807) is 11.3 Å². The van der Waals surface area contributed by atoms with Crippen LogP contribution in [0.4, 0.5) is 0 Å². The third-order valence-electron chi connectivity index (χ3n) is 9.14. The maximum absolute atomic E-state index is 6.24. The fourth-order valence-electron chi connectivity index (χ4n) is 6.69. The molecule has 3 heterocycles. The lowest BCUT2D eigenvalue weighted by Crippen LogP contribution is -2.00. The van der Waals surface area contributed by atoms with Gasteiger partial charge in [0.2, 0.25) is 5.89 Å². The molecule has 10 aromatic rings. The molecule has 6 heteroatoms. The van der Waals surface area contributed by atoms with Crippen LogP contribution in [-0.2, 0) is 0 Å². The predicted molar refractivity (Wildman–Crippen MR) is 205 cm³/mol. The largest absolute Gasteiger partial charge is 0.436 e. The quantitative estimate of drug-likeness (QED) is 0.184. The van der Waals surface area contributed by atoms with E-state index in [1.807, 2.05) is 36.4 Å². The van der Waals surface area contributed by atoms with Crippen LogP contribution in [-0.4, -0.2) is 19.9 Å². The van der Waals surface area contributed by atoms with Crippen LogP contribution >= 0.6 is 11.3 Å². The van der Waals surface area contributed by atoms with Gasteiger partial charge in [0.05, 0.1) is 0 Å². The van der Waals surface area contributed by atoms with Crippen LogP contribution in [0, 0.1) is 0 Å². The third kappa shape index (κ3) is 4.93. The Balaban J connectivity index is 1.19. The van der Waals surface area contributed by atoms with E-state index >= 15 is 0 Å². The SMILES string of the molecule is c1ccc(-c2cccc(-c3nc(-c4ccc5ccccc5c4)nc(-c4cccc5sc6cc7oc(-c8ccccc8)nc7cc6c45)n3)c2)cc1. The Morgan fingerprint density at radius 3 is 1.90 bits per heavy atom. The number of hydrogen-bond acceptors (Lipinski definition) is 6. The number of nitrogens with zero attached hydrogens (tertiary/aromatic N) is 4. The van der Waals surface area contributed by atoms with Gasteiger partial charge in [0.1, 0.15) is 5.52 Å². The van der Waals surface area contributed by atoms with Crippen molar-refractivity contribution < 1.29 is 4.42 Å². The summed E-state index contributed by atoms with van der Waals surface area (Å²) in [6.07, 6.45) is 0. The molecule has 50 heavy (non-hydrogen) atoms. The van der Waals surface area contributed by atoms with Crippen molar-refractivity contribution in [2.75, 3.05) is 0 Å². The van der Waals surface area contributed by atoms with E-state index in [9.17, 15) is 0 Å². The normalized spacial score (nSPS) is 11.6. The van der Waals surface area contributed by atoms with Crippen LogP contribution in [0.3, 0.4) is 0 Å². The van der Waals surface area contributed by atoms with Crippen molar-refractivity contribution in [2.24, 2.45) is 0 Å². The minimum Gasteiger partial charge on any atom is -0.436 e. The summed E-state index contributed by atoms with van der Waals surface area (Å²) in [6, 6.07) is 54.2. The second-order valence-corrected chi connectivity index (χ2v) is 13.4. The first-order chi connectivity index (χ1) is 24.7. The predicted octanol–water partition coefficient (Wildman–Crippen LogP) is 11.9. The first-order valence-electron chi connectivity index (χ1n) is 16.5. The van der Waals surface area contributed by atoms with Crippen molar-refractivity contribution in [3.05, 3.63) is 158 Å². The van der Waals surface area contributed by atoms with Gasteiger partial charge < -0.3 is 4.42 Å². The van der Waals surface area contributed by atoms with E-state index in [-0.39, 0.29) is 0 Å². The molecule has 7 aromatic carbocycles. The molecule has 0 amide bonds. The second kappa shape index (κ2) is 11.6. The van der Waals surface area contributed by atoms with Crippen molar-refractivity contribution in [3.8, 4) is 56.7 Å². The van der Waals surface area contributed by atoms with Crippen LogP contribution in [0.2, 0.25) is 0 Å². The number of rotatable bonds is 5. The maximum atomic E-state index is 6.24. The zero-order chi connectivity index (χ0) is 33.0. The molecule has 0 aliphatic heterocycles. The lowest BCUT2D eigenvalue weighted by atomic mass is 10.0. The Kier molecular flexibility index (Phi) is 6.60. The molecule has 10 rings (SSSR count). The number of oxazole rings is 1. The number of thiophene rings is 1. The van der Waals surface area contributed by atoms with Crippen molar-refractivity contribution in [1.82, 2.24) is 19.9 Å². The van der Waals surface area contributed by atoms with E-state index in [2.05, 4.69) is 121 Å². The molecule has 3 aromatic heterocycles. The number of fused-ring (bicyclic) bond motifs is 5. The topological polar surface area (TPSA) is 64.7 Å². The minimum absolute atomic E-state index is 0.614. The summed E-state index contributed by atoms with van der Waals surface area (Å²) in [4.78, 5) is 20.4. The van der Waals surface area contributed by atoms with Crippen LogP contribution in [0.1, 0.15) is 0 Å². The lowest BCUT2D eigenvalue weighted by Gasteiger charge is -2.11. The molecular formula is C44H26N4OS. The number of benzene rings is 7. The van der Waals surface area contributed by atoms with Gasteiger partial charge in [0.15, 0.2) is 23.1 Å². The first-order valence-corrected chi connectivity index (χ1v) is 17.3. The second-order valence-electron chi connectivity index (χ2n) is 12.3. The van der Waals surface area contributed by atoms with Crippen LogP contribution in [0.15, 0.2) is 162 Å². The summed E-state index contributed by atoms with van der Waals surface area (Å²) in [5, 5.41) is 4.50. The van der Waals surface area contributed by atoms with Gasteiger partial charge in [0.25, 0.3) is 0 Å². The molecule has 234 valence electrons. The number of hydrogen-bond donors (Lipinski definition) is 0. The van der Waals surface area contributed by atoms with E-state index in [4.69, 9.17) is 24.4 Å². The summed E-state index contributed by atoms with van der Waals surface area (Å²) in [5.74, 6) is 2.49. The molecule has 0 atom stereocenters. The monoisotopic (exact) mass is 658 g/mol. The smallest absolute Gasteiger partial charge is 0.227 e. The summed E-state index contributed by atoms with van der Waals surface area (Å²) in [6.45, 7) is 0. The zero-order valence-electron chi connectivity index (χ0n) is 26.6. The summed E-state index contributed by atoms with van der Waals surface area (Å²) < 4.78 is 8.50. The Morgan fingerprint density at radius 1 is 0.420 bits per heavy atom. The van der Waals surface area contributed by atoms with Crippen molar-refractivity contribution in [3.63, 3.8) is 0 Å². The van der Waals surface area contributed by atoms with Gasteiger partial charge in [-0.1, -0.05) is 115 Å². The molecule has 0 radical (unpaired) electrons. The Labute approximate surface area is 291 Å². The van der Waals surface area contributed by atoms with Crippen LogP contribution < -0.4 is 0 Å². The molecule has 0 saturated carbocycles. The van der Waals surface area contributed by atoms with E-state index < -0.39 is 0 Å². The summed E-state index contributed by atoms with van der Waals surface area (Å²) in [7, 11) is 0. The van der Waals surface area contributed by atoms with Crippen molar-refractivity contribution >= 4 is 53.4 Å². The standard InChI is InChI=1S/C44H26N4OS/c1-3-11-27(12-4-1)31-17-9-18-32(23-31)41-46-42(33-22-21-28-13-7-8-16-30(28)24-33)48-43(47-41)34-19-10-20-38-40(34)35-25-36-37(26-39(35)50-38)49-44(45-36)29-14-5-2-6-15-29/h1-26H. The Hall–Kier alpha value is -6.50. The van der Waals surface area contributed by atoms with Gasteiger partial charge in [-0.2, -0.15) is 0 Å². The van der Waals surface area contributed by atoms with Gasteiger partial charge in [-0.25, -0.2) is 19.9 Å². The highest BCUT2D eigenvalue weighted by Gasteiger charge is 2.19. The van der Waals surface area contributed by atoms with E-state index in [0.717, 1.165) is 70.0 Å². The average molecular weight is 659 g/mol. The van der Waals surface area contributed by atoms with Gasteiger partial charge in [-0.3, -0.25) is 0 Å². The highest BCUT2D eigenvalue weighted by Crippen LogP contribution is 2.42. The van der Waals surface area contributed by atoms with Gasteiger partial charge >= 0.3 is 0 Å². The summed E-state index contributed by atoms with van der Waals surface area (Å²) >= 11 is 1.73. The number of aromatic nitrogens is 4. The molecule has 0 unspecified atom stereocenters. The Morgan fingerprint density at radius 2 is 1.08 bits per heavy atom. The lowest BCUT2D eigenvalue weighted by molar-refractivity contribution is 0.620. The molecule has 0 saturated heterocycles. The fraction of sp³-hybridized carbons (Fsp3) is 0. The van der Waals surface area contributed by atoms with Gasteiger partial charge in [-0.05, 0) is 58.3 Å². The minimum atomic E-state index is 0.614. The van der Waals surface area contributed by atoms with Gasteiger partial charge in [-0.15, -0.1) is 11.3 Å². The molecule has 0 spiro atoms. The molecule has 5 nitrogen and oxygen atoms in total. The zero-order valence-corrected chi connectivity index (χ0v) is 27.4. The molecule has 0 aliphatic carbocycles. The molecule has 0 N–H and O–H groups in total. The molecule has 0 bridgehead atoms. The highest BCUT2D eigenvalue weighted by molar-refractivity contribution is 7.26. The molecule has 0 aliphatic rings.